The number of hydrogen-bond donors (Lipinski definition) is 1. The SMILES string of the molecule is CCOC(=O)c1ccc(COc2ccc(C=Nc3sc4c(c3C(=O)NC3CCCCC3)CCCC4)cc2OC)cc1. The molecule has 1 saturated carbocycles. The van der Waals surface area contributed by atoms with Crippen molar-refractivity contribution < 1.29 is 23.8 Å². The number of methoxy groups -OCH3 is 1. The van der Waals surface area contributed by atoms with Gasteiger partial charge in [0.25, 0.3) is 5.91 Å². The number of hydrogen-bond acceptors (Lipinski definition) is 7. The fourth-order valence-corrected chi connectivity index (χ4v) is 6.74. The van der Waals surface area contributed by atoms with Gasteiger partial charge in [-0.15, -0.1) is 11.3 Å². The molecule has 41 heavy (non-hydrogen) atoms. The third-order valence-electron chi connectivity index (χ3n) is 7.70. The van der Waals surface area contributed by atoms with Crippen LogP contribution >= 0.6 is 11.3 Å². The van der Waals surface area contributed by atoms with E-state index in [0.717, 1.165) is 60.2 Å². The highest BCUT2D eigenvalue weighted by molar-refractivity contribution is 7.16. The molecule has 3 aromatic rings. The summed E-state index contributed by atoms with van der Waals surface area (Å²) in [5, 5.41) is 4.10. The van der Waals surface area contributed by atoms with Gasteiger partial charge in [0.2, 0.25) is 0 Å². The summed E-state index contributed by atoms with van der Waals surface area (Å²) in [5.74, 6) is 0.898. The number of esters is 1. The number of amides is 1. The van der Waals surface area contributed by atoms with Gasteiger partial charge in [-0.2, -0.15) is 0 Å². The highest BCUT2D eigenvalue weighted by Gasteiger charge is 2.27. The van der Waals surface area contributed by atoms with Gasteiger partial charge in [-0.1, -0.05) is 31.4 Å². The summed E-state index contributed by atoms with van der Waals surface area (Å²) in [4.78, 5) is 31.5. The van der Waals surface area contributed by atoms with Crippen molar-refractivity contribution in [1.29, 1.82) is 0 Å². The molecule has 1 aromatic heterocycles. The van der Waals surface area contributed by atoms with Crippen LogP contribution in [0, 0.1) is 0 Å². The van der Waals surface area contributed by atoms with Gasteiger partial charge in [0.15, 0.2) is 11.5 Å². The lowest BCUT2D eigenvalue weighted by atomic mass is 9.93. The lowest BCUT2D eigenvalue weighted by Gasteiger charge is -2.23. The first-order valence-corrected chi connectivity index (χ1v) is 15.4. The number of ether oxygens (including phenoxy) is 3. The van der Waals surface area contributed by atoms with Crippen LogP contribution < -0.4 is 14.8 Å². The Morgan fingerprint density at radius 2 is 1.78 bits per heavy atom. The maximum Gasteiger partial charge on any atom is 0.338 e. The molecule has 0 bridgehead atoms. The van der Waals surface area contributed by atoms with Crippen molar-refractivity contribution in [3.63, 3.8) is 0 Å². The van der Waals surface area contributed by atoms with Gasteiger partial charge in [-0.25, -0.2) is 9.79 Å². The third-order valence-corrected chi connectivity index (χ3v) is 8.90. The van der Waals surface area contributed by atoms with Crippen LogP contribution in [0.1, 0.15) is 94.2 Å². The van der Waals surface area contributed by atoms with Gasteiger partial charge in [-0.3, -0.25) is 4.79 Å². The number of aliphatic imine (C=N–C) groups is 1. The molecular formula is C33H38N2O5S. The molecule has 2 aliphatic carbocycles. The van der Waals surface area contributed by atoms with Gasteiger partial charge < -0.3 is 19.5 Å². The smallest absolute Gasteiger partial charge is 0.338 e. The average molecular weight is 575 g/mol. The fourth-order valence-electron chi connectivity index (χ4n) is 5.51. The summed E-state index contributed by atoms with van der Waals surface area (Å²) in [7, 11) is 1.61. The van der Waals surface area contributed by atoms with Gasteiger partial charge in [0, 0.05) is 17.1 Å². The molecule has 2 aliphatic rings. The van der Waals surface area contributed by atoms with Crippen LogP contribution in [-0.2, 0) is 24.2 Å². The second-order valence-corrected chi connectivity index (χ2v) is 11.7. The molecule has 7 nitrogen and oxygen atoms in total. The highest BCUT2D eigenvalue weighted by atomic mass is 32.1. The third kappa shape index (κ3) is 7.17. The molecule has 5 rings (SSSR count). The first-order chi connectivity index (χ1) is 20.1. The molecule has 0 unspecified atom stereocenters. The predicted molar refractivity (Wildman–Crippen MR) is 162 cm³/mol. The number of rotatable bonds is 10. The Bertz CT molecular complexity index is 1390. The minimum absolute atomic E-state index is 0.0278. The molecule has 1 amide bonds. The van der Waals surface area contributed by atoms with Gasteiger partial charge in [-0.05, 0) is 92.5 Å². The molecule has 0 spiro atoms. The monoisotopic (exact) mass is 574 g/mol. The van der Waals surface area contributed by atoms with Crippen molar-refractivity contribution in [2.45, 2.75) is 77.4 Å². The molecule has 0 radical (unpaired) electrons. The summed E-state index contributed by atoms with van der Waals surface area (Å²) < 4.78 is 16.7. The zero-order chi connectivity index (χ0) is 28.6. The Labute approximate surface area is 245 Å². The van der Waals surface area contributed by atoms with E-state index >= 15 is 0 Å². The molecular weight excluding hydrogens is 536 g/mol. The number of thiophene rings is 1. The average Bonchev–Trinajstić information content (AvgIpc) is 3.38. The van der Waals surface area contributed by atoms with Gasteiger partial charge >= 0.3 is 5.97 Å². The Morgan fingerprint density at radius 3 is 2.54 bits per heavy atom. The van der Waals surface area contributed by atoms with Crippen molar-refractivity contribution in [3.05, 3.63) is 75.2 Å². The van der Waals surface area contributed by atoms with Gasteiger partial charge in [0.05, 0.1) is 24.8 Å². The first kappa shape index (κ1) is 28.9. The Hall–Kier alpha value is -3.65. The van der Waals surface area contributed by atoms with E-state index < -0.39 is 0 Å². The summed E-state index contributed by atoms with van der Waals surface area (Å²) in [6.45, 7) is 2.46. The van der Waals surface area contributed by atoms with E-state index in [1.165, 1.54) is 29.7 Å². The van der Waals surface area contributed by atoms with Crippen molar-refractivity contribution in [1.82, 2.24) is 5.32 Å². The Balaban J connectivity index is 1.29. The number of aryl methyl sites for hydroxylation is 1. The van der Waals surface area contributed by atoms with E-state index in [1.807, 2.05) is 30.3 Å². The van der Waals surface area contributed by atoms with E-state index in [1.54, 1.807) is 43.7 Å². The van der Waals surface area contributed by atoms with Crippen LogP contribution in [-0.4, -0.2) is 37.8 Å². The summed E-state index contributed by atoms with van der Waals surface area (Å²) in [5.41, 5.74) is 4.26. The summed E-state index contributed by atoms with van der Waals surface area (Å²) in [6.07, 6.45) is 11.8. The standard InChI is InChI=1S/C33H38N2O5S/c1-3-39-33(37)24-16-13-22(14-17-24)21-40-27-18-15-23(19-28(27)38-2)20-34-32-30(26-11-7-8-12-29(26)41-32)31(36)35-25-9-5-4-6-10-25/h13-20,25H,3-12,21H2,1-2H3,(H,35,36). The lowest BCUT2D eigenvalue weighted by Crippen LogP contribution is -2.36. The zero-order valence-electron chi connectivity index (χ0n) is 23.9. The molecule has 0 aliphatic heterocycles. The largest absolute Gasteiger partial charge is 0.493 e. The molecule has 1 N–H and O–H groups in total. The Kier molecular flexibility index (Phi) is 9.72. The van der Waals surface area contributed by atoms with E-state index in [-0.39, 0.29) is 17.9 Å². The molecule has 1 heterocycles. The fraction of sp³-hybridized carbons (Fsp3) is 0.424. The summed E-state index contributed by atoms with van der Waals surface area (Å²) in [6, 6.07) is 13.1. The van der Waals surface area contributed by atoms with Crippen LogP contribution in [0.15, 0.2) is 47.5 Å². The van der Waals surface area contributed by atoms with E-state index in [0.29, 0.717) is 30.3 Å². The maximum atomic E-state index is 13.5. The highest BCUT2D eigenvalue weighted by Crippen LogP contribution is 2.40. The van der Waals surface area contributed by atoms with Crippen molar-refractivity contribution in [2.75, 3.05) is 13.7 Å². The number of benzene rings is 2. The first-order valence-electron chi connectivity index (χ1n) is 14.6. The van der Waals surface area contributed by atoms with E-state index in [4.69, 9.17) is 19.2 Å². The van der Waals surface area contributed by atoms with Crippen LogP contribution in [0.2, 0.25) is 0 Å². The van der Waals surface area contributed by atoms with Crippen molar-refractivity contribution in [2.24, 2.45) is 4.99 Å². The normalized spacial score (nSPS) is 15.4. The number of nitrogens with zero attached hydrogens (tertiary/aromatic N) is 1. The predicted octanol–water partition coefficient (Wildman–Crippen LogP) is 7.20. The van der Waals surface area contributed by atoms with Crippen LogP contribution in [0.4, 0.5) is 5.00 Å². The van der Waals surface area contributed by atoms with Crippen molar-refractivity contribution >= 4 is 34.4 Å². The second-order valence-electron chi connectivity index (χ2n) is 10.6. The molecule has 2 aromatic carbocycles. The van der Waals surface area contributed by atoms with Gasteiger partial charge in [0.1, 0.15) is 11.6 Å². The molecule has 8 heteroatoms. The van der Waals surface area contributed by atoms with Crippen molar-refractivity contribution in [3.8, 4) is 11.5 Å². The molecule has 1 fully saturated rings. The van der Waals surface area contributed by atoms with E-state index in [2.05, 4.69) is 5.32 Å². The second kappa shape index (κ2) is 13.8. The zero-order valence-corrected chi connectivity index (χ0v) is 24.7. The number of carbonyl (C=O) groups excluding carboxylic acids is 2. The quantitative estimate of drug-likeness (QED) is 0.204. The minimum Gasteiger partial charge on any atom is -0.493 e. The minimum atomic E-state index is -0.335. The lowest BCUT2D eigenvalue weighted by molar-refractivity contribution is 0.0526. The topological polar surface area (TPSA) is 86.2 Å². The Morgan fingerprint density at radius 1 is 1.00 bits per heavy atom. The van der Waals surface area contributed by atoms with Crippen LogP contribution in [0.25, 0.3) is 0 Å². The summed E-state index contributed by atoms with van der Waals surface area (Å²) >= 11 is 1.65. The van der Waals surface area contributed by atoms with Crippen LogP contribution in [0.3, 0.4) is 0 Å². The number of fused-ring (bicyclic) bond motifs is 1. The molecule has 0 atom stereocenters. The maximum absolute atomic E-state index is 13.5. The number of carbonyl (C=O) groups is 2. The molecule has 0 saturated heterocycles. The van der Waals surface area contributed by atoms with E-state index in [9.17, 15) is 9.59 Å². The van der Waals surface area contributed by atoms with Crippen LogP contribution in [0.5, 0.6) is 11.5 Å². The number of nitrogens with one attached hydrogen (secondary N) is 1. The molecule has 216 valence electrons.